The molecule has 0 unspecified atom stereocenters. The molecule has 0 radical (unpaired) electrons. The fourth-order valence-electron chi connectivity index (χ4n) is 2.38. The predicted octanol–water partition coefficient (Wildman–Crippen LogP) is 4.58. The van der Waals surface area contributed by atoms with Gasteiger partial charge in [0.25, 0.3) is 0 Å². The van der Waals surface area contributed by atoms with Crippen LogP contribution in [-0.2, 0) is 13.1 Å². The molecule has 0 atom stereocenters. The molecule has 3 rings (SSSR count). The Morgan fingerprint density at radius 2 is 2.00 bits per heavy atom. The average molecular weight is 482 g/mol. The van der Waals surface area contributed by atoms with E-state index in [4.69, 9.17) is 4.52 Å². The molecule has 3 aromatic rings. The first-order valence-electron chi connectivity index (χ1n) is 8.32. The van der Waals surface area contributed by atoms with Crippen LogP contribution in [0.15, 0.2) is 57.4 Å². The molecule has 138 valence electrons. The van der Waals surface area contributed by atoms with Gasteiger partial charge in [0.1, 0.15) is 5.69 Å². The standard InChI is InChI=1S/C19H22N4OS.HI/c1-3-20-19(22-13-18-14(2)9-10-25-18)21-12-16-11-17(24-23-16)15-7-5-4-6-8-15;/h4-11H,3,12-13H2,1-2H3,(H2,20,21,22);1H. The maximum atomic E-state index is 5.42. The first-order valence-corrected chi connectivity index (χ1v) is 9.20. The van der Waals surface area contributed by atoms with E-state index in [0.29, 0.717) is 6.54 Å². The number of aromatic nitrogens is 1. The van der Waals surface area contributed by atoms with Gasteiger partial charge >= 0.3 is 0 Å². The Morgan fingerprint density at radius 3 is 2.69 bits per heavy atom. The van der Waals surface area contributed by atoms with Gasteiger partial charge in [-0.25, -0.2) is 4.99 Å². The van der Waals surface area contributed by atoms with Crippen molar-refractivity contribution in [1.82, 2.24) is 15.8 Å². The highest BCUT2D eigenvalue weighted by molar-refractivity contribution is 14.0. The number of rotatable bonds is 6. The van der Waals surface area contributed by atoms with Crippen molar-refractivity contribution in [3.05, 3.63) is 64.0 Å². The van der Waals surface area contributed by atoms with Crippen LogP contribution < -0.4 is 10.6 Å². The molecule has 2 N–H and O–H groups in total. The lowest BCUT2D eigenvalue weighted by Crippen LogP contribution is -2.36. The van der Waals surface area contributed by atoms with E-state index in [0.717, 1.165) is 36.1 Å². The summed E-state index contributed by atoms with van der Waals surface area (Å²) in [6.07, 6.45) is 0. The minimum Gasteiger partial charge on any atom is -0.357 e. The molecule has 1 aromatic carbocycles. The Balaban J connectivity index is 0.00000243. The highest BCUT2D eigenvalue weighted by Crippen LogP contribution is 2.20. The Kier molecular flexibility index (Phi) is 8.11. The molecule has 7 heteroatoms. The second kappa shape index (κ2) is 10.3. The van der Waals surface area contributed by atoms with Crippen LogP contribution in [0.4, 0.5) is 0 Å². The van der Waals surface area contributed by atoms with Gasteiger partial charge in [0.05, 0.1) is 13.1 Å². The molecule has 0 aliphatic heterocycles. The summed E-state index contributed by atoms with van der Waals surface area (Å²) >= 11 is 1.75. The molecule has 0 aliphatic carbocycles. The molecule has 0 spiro atoms. The minimum atomic E-state index is 0. The third kappa shape index (κ3) is 5.57. The average Bonchev–Trinajstić information content (AvgIpc) is 3.27. The van der Waals surface area contributed by atoms with Crippen LogP contribution in [-0.4, -0.2) is 17.7 Å². The number of thiophene rings is 1. The molecule has 5 nitrogen and oxygen atoms in total. The molecule has 26 heavy (non-hydrogen) atoms. The van der Waals surface area contributed by atoms with Crippen molar-refractivity contribution >= 4 is 41.3 Å². The van der Waals surface area contributed by atoms with Gasteiger partial charge in [0.15, 0.2) is 11.7 Å². The lowest BCUT2D eigenvalue weighted by atomic mass is 10.2. The second-order valence-corrected chi connectivity index (χ2v) is 6.62. The van der Waals surface area contributed by atoms with Crippen molar-refractivity contribution in [3.8, 4) is 11.3 Å². The van der Waals surface area contributed by atoms with Gasteiger partial charge in [-0.05, 0) is 30.9 Å². The molecule has 0 saturated heterocycles. The zero-order chi connectivity index (χ0) is 17.5. The maximum Gasteiger partial charge on any atom is 0.191 e. The van der Waals surface area contributed by atoms with Gasteiger partial charge in [0, 0.05) is 23.1 Å². The quantitative estimate of drug-likeness (QED) is 0.307. The van der Waals surface area contributed by atoms with Crippen LogP contribution in [0, 0.1) is 6.92 Å². The molecule has 0 bridgehead atoms. The van der Waals surface area contributed by atoms with Crippen LogP contribution in [0.5, 0.6) is 0 Å². The van der Waals surface area contributed by atoms with E-state index in [1.54, 1.807) is 11.3 Å². The number of halogens is 1. The summed E-state index contributed by atoms with van der Waals surface area (Å²) in [6.45, 7) is 6.22. The Hall–Kier alpha value is -1.87. The third-order valence-corrected chi connectivity index (χ3v) is 4.77. The number of hydrogen-bond acceptors (Lipinski definition) is 4. The van der Waals surface area contributed by atoms with E-state index in [-0.39, 0.29) is 24.0 Å². The van der Waals surface area contributed by atoms with E-state index in [2.05, 4.69) is 46.1 Å². The minimum absolute atomic E-state index is 0. The van der Waals surface area contributed by atoms with Crippen molar-refractivity contribution in [3.63, 3.8) is 0 Å². The van der Waals surface area contributed by atoms with Gasteiger partial charge in [-0.3, -0.25) is 0 Å². The number of nitrogens with one attached hydrogen (secondary N) is 2. The SMILES string of the molecule is CCNC(=NCc1cc(-c2ccccc2)on1)NCc1sccc1C.I. The number of nitrogens with zero attached hydrogens (tertiary/aromatic N) is 2. The first kappa shape index (κ1) is 20.4. The molecule has 0 fully saturated rings. The number of aryl methyl sites for hydroxylation is 1. The normalized spacial score (nSPS) is 11.1. The number of benzene rings is 1. The first-order chi connectivity index (χ1) is 12.3. The van der Waals surface area contributed by atoms with Gasteiger partial charge in [-0.15, -0.1) is 35.3 Å². The fraction of sp³-hybridized carbons (Fsp3) is 0.263. The van der Waals surface area contributed by atoms with Gasteiger partial charge in [-0.2, -0.15) is 0 Å². The van der Waals surface area contributed by atoms with Crippen LogP contribution in [0.1, 0.15) is 23.1 Å². The van der Waals surface area contributed by atoms with E-state index in [1.807, 2.05) is 36.4 Å². The van der Waals surface area contributed by atoms with Crippen molar-refractivity contribution in [1.29, 1.82) is 0 Å². The van der Waals surface area contributed by atoms with Crippen LogP contribution >= 0.6 is 35.3 Å². The smallest absolute Gasteiger partial charge is 0.191 e. The van der Waals surface area contributed by atoms with Crippen molar-refractivity contribution in [2.45, 2.75) is 26.9 Å². The van der Waals surface area contributed by atoms with Crippen LogP contribution in [0.2, 0.25) is 0 Å². The molecule has 2 heterocycles. The number of hydrogen-bond donors (Lipinski definition) is 2. The summed E-state index contributed by atoms with van der Waals surface area (Å²) < 4.78 is 5.42. The summed E-state index contributed by atoms with van der Waals surface area (Å²) in [5.74, 6) is 1.54. The van der Waals surface area contributed by atoms with Crippen molar-refractivity contribution in [2.24, 2.45) is 4.99 Å². The highest BCUT2D eigenvalue weighted by atomic mass is 127. The zero-order valence-corrected chi connectivity index (χ0v) is 18.0. The molecule has 0 aliphatic rings. The summed E-state index contributed by atoms with van der Waals surface area (Å²) in [6, 6.07) is 14.0. The monoisotopic (exact) mass is 482 g/mol. The molecular formula is C19H23IN4OS. The summed E-state index contributed by atoms with van der Waals surface area (Å²) in [5, 5.41) is 12.8. The number of guanidine groups is 1. The lowest BCUT2D eigenvalue weighted by molar-refractivity contribution is 0.424. The molecular weight excluding hydrogens is 459 g/mol. The highest BCUT2D eigenvalue weighted by Gasteiger charge is 2.07. The van der Waals surface area contributed by atoms with Crippen molar-refractivity contribution in [2.75, 3.05) is 6.54 Å². The maximum absolute atomic E-state index is 5.42. The topological polar surface area (TPSA) is 62.5 Å². The van der Waals surface area contributed by atoms with E-state index < -0.39 is 0 Å². The largest absolute Gasteiger partial charge is 0.357 e. The van der Waals surface area contributed by atoms with E-state index in [1.165, 1.54) is 10.4 Å². The number of aliphatic imine (C=N–C) groups is 1. The summed E-state index contributed by atoms with van der Waals surface area (Å²) in [7, 11) is 0. The van der Waals surface area contributed by atoms with E-state index >= 15 is 0 Å². The van der Waals surface area contributed by atoms with Crippen molar-refractivity contribution < 1.29 is 4.52 Å². The van der Waals surface area contributed by atoms with Crippen LogP contribution in [0.25, 0.3) is 11.3 Å². The second-order valence-electron chi connectivity index (χ2n) is 5.62. The molecule has 0 saturated carbocycles. The Morgan fingerprint density at radius 1 is 1.19 bits per heavy atom. The summed E-state index contributed by atoms with van der Waals surface area (Å²) in [4.78, 5) is 5.91. The van der Waals surface area contributed by atoms with Gasteiger partial charge in [0.2, 0.25) is 0 Å². The lowest BCUT2D eigenvalue weighted by Gasteiger charge is -2.10. The van der Waals surface area contributed by atoms with E-state index in [9.17, 15) is 0 Å². The van der Waals surface area contributed by atoms with Crippen LogP contribution in [0.3, 0.4) is 0 Å². The fourth-order valence-corrected chi connectivity index (χ4v) is 3.22. The molecule has 0 amide bonds. The summed E-state index contributed by atoms with van der Waals surface area (Å²) in [5.41, 5.74) is 3.13. The zero-order valence-electron chi connectivity index (χ0n) is 14.9. The predicted molar refractivity (Wildman–Crippen MR) is 118 cm³/mol. The third-order valence-electron chi connectivity index (χ3n) is 3.75. The Bertz CT molecular complexity index is 829. The van der Waals surface area contributed by atoms with Gasteiger partial charge in [-0.1, -0.05) is 35.5 Å². The Labute approximate surface area is 174 Å². The molecule has 2 aromatic heterocycles. The van der Waals surface area contributed by atoms with Gasteiger partial charge < -0.3 is 15.2 Å².